The molecule has 4 aromatic rings. The van der Waals surface area contributed by atoms with Crippen LogP contribution in [0.25, 0.3) is 16.7 Å². The van der Waals surface area contributed by atoms with E-state index in [-0.39, 0.29) is 18.0 Å². The van der Waals surface area contributed by atoms with E-state index in [9.17, 15) is 9.59 Å². The van der Waals surface area contributed by atoms with Crippen LogP contribution in [-0.2, 0) is 11.2 Å². The van der Waals surface area contributed by atoms with Crippen molar-refractivity contribution in [3.63, 3.8) is 0 Å². The fraction of sp³-hybridized carbons (Fsp3) is 0.0526. The summed E-state index contributed by atoms with van der Waals surface area (Å²) < 4.78 is 2.01. The molecule has 0 atom stereocenters. The van der Waals surface area contributed by atoms with Crippen LogP contribution in [0, 0.1) is 0 Å². The number of amides is 1. The normalized spacial score (nSPS) is 10.9. The first-order chi connectivity index (χ1) is 12.2. The van der Waals surface area contributed by atoms with Crippen LogP contribution in [-0.4, -0.2) is 20.4 Å². The number of fused-ring (bicyclic) bond motifs is 1. The van der Waals surface area contributed by atoms with E-state index in [2.05, 4.69) is 15.3 Å². The molecule has 0 radical (unpaired) electrons. The Balaban J connectivity index is 1.45. The van der Waals surface area contributed by atoms with Gasteiger partial charge >= 0.3 is 5.69 Å². The van der Waals surface area contributed by atoms with E-state index in [1.807, 2.05) is 53.4 Å². The third kappa shape index (κ3) is 3.23. The Morgan fingerprint density at radius 2 is 1.68 bits per heavy atom. The maximum atomic E-state index is 12.2. The third-order valence-electron chi connectivity index (χ3n) is 4.00. The van der Waals surface area contributed by atoms with E-state index in [1.165, 1.54) is 0 Å². The van der Waals surface area contributed by atoms with Crippen molar-refractivity contribution in [3.8, 4) is 5.69 Å². The number of H-pyrrole nitrogens is 2. The van der Waals surface area contributed by atoms with Gasteiger partial charge in [0.05, 0.1) is 17.5 Å². The van der Waals surface area contributed by atoms with Gasteiger partial charge in [0.2, 0.25) is 5.91 Å². The van der Waals surface area contributed by atoms with Crippen molar-refractivity contribution in [1.29, 1.82) is 0 Å². The molecule has 0 spiro atoms. The highest BCUT2D eigenvalue weighted by molar-refractivity contribution is 5.94. The number of hydrogen-bond donors (Lipinski definition) is 3. The summed E-state index contributed by atoms with van der Waals surface area (Å²) in [5.41, 5.74) is 3.75. The molecule has 2 aromatic heterocycles. The maximum Gasteiger partial charge on any atom is 0.323 e. The van der Waals surface area contributed by atoms with Crippen molar-refractivity contribution in [3.05, 3.63) is 83.0 Å². The first-order valence-corrected chi connectivity index (χ1v) is 7.91. The summed E-state index contributed by atoms with van der Waals surface area (Å²) in [7, 11) is 0. The molecule has 0 saturated heterocycles. The van der Waals surface area contributed by atoms with E-state index >= 15 is 0 Å². The van der Waals surface area contributed by atoms with Gasteiger partial charge in [-0.3, -0.25) is 4.79 Å². The molecule has 2 heterocycles. The Hall–Kier alpha value is -3.54. The Morgan fingerprint density at radius 1 is 0.960 bits per heavy atom. The second-order valence-corrected chi connectivity index (χ2v) is 5.82. The molecule has 4 rings (SSSR count). The summed E-state index contributed by atoms with van der Waals surface area (Å²) in [6.45, 7) is 0. The minimum absolute atomic E-state index is 0.106. The smallest absolute Gasteiger partial charge is 0.323 e. The number of nitrogens with zero attached hydrogens (tertiary/aromatic N) is 1. The maximum absolute atomic E-state index is 12.2. The number of nitrogens with one attached hydrogen (secondary N) is 3. The Kier molecular flexibility index (Phi) is 3.70. The summed E-state index contributed by atoms with van der Waals surface area (Å²) >= 11 is 0. The fourth-order valence-corrected chi connectivity index (χ4v) is 2.79. The lowest BCUT2D eigenvalue weighted by Gasteiger charge is -2.07. The quantitative estimate of drug-likeness (QED) is 0.537. The number of aromatic nitrogens is 3. The molecule has 0 aliphatic heterocycles. The number of anilines is 1. The number of carbonyl (C=O) groups excluding carboxylic acids is 1. The minimum Gasteiger partial charge on any atom is -0.326 e. The van der Waals surface area contributed by atoms with Crippen LogP contribution < -0.4 is 11.0 Å². The highest BCUT2D eigenvalue weighted by atomic mass is 16.1. The molecule has 0 fully saturated rings. The lowest BCUT2D eigenvalue weighted by molar-refractivity contribution is -0.115. The summed E-state index contributed by atoms with van der Waals surface area (Å²) in [6, 6.07) is 17.1. The zero-order chi connectivity index (χ0) is 17.2. The van der Waals surface area contributed by atoms with Crippen LogP contribution in [0.1, 0.15) is 5.56 Å². The molecular formula is C19H16N4O2. The average molecular weight is 332 g/mol. The Bertz CT molecular complexity index is 1070. The number of benzene rings is 2. The van der Waals surface area contributed by atoms with Gasteiger partial charge in [-0.25, -0.2) is 4.79 Å². The first kappa shape index (κ1) is 15.0. The highest BCUT2D eigenvalue weighted by Crippen LogP contribution is 2.15. The molecule has 2 aromatic carbocycles. The Labute approximate surface area is 143 Å². The molecule has 0 aliphatic rings. The van der Waals surface area contributed by atoms with E-state index in [1.54, 1.807) is 18.2 Å². The van der Waals surface area contributed by atoms with Crippen molar-refractivity contribution >= 4 is 22.6 Å². The standard InChI is InChI=1S/C19H16N4O2/c24-18(20-14-5-8-16-17(12-14)22-19(25)21-16)11-13-3-6-15(7-4-13)23-9-1-2-10-23/h1-10,12H,11H2,(H,20,24)(H2,21,22,25). The largest absolute Gasteiger partial charge is 0.326 e. The summed E-state index contributed by atoms with van der Waals surface area (Å²) in [4.78, 5) is 28.9. The molecule has 0 bridgehead atoms. The van der Waals surface area contributed by atoms with Crippen LogP contribution in [0.5, 0.6) is 0 Å². The average Bonchev–Trinajstić information content (AvgIpc) is 3.23. The van der Waals surface area contributed by atoms with Gasteiger partial charge in [0.25, 0.3) is 0 Å². The molecule has 6 nitrogen and oxygen atoms in total. The fourth-order valence-electron chi connectivity index (χ4n) is 2.79. The van der Waals surface area contributed by atoms with Crippen LogP contribution >= 0.6 is 0 Å². The number of hydrogen-bond acceptors (Lipinski definition) is 2. The van der Waals surface area contributed by atoms with Crippen LogP contribution in [0.3, 0.4) is 0 Å². The van der Waals surface area contributed by atoms with Crippen LogP contribution in [0.4, 0.5) is 5.69 Å². The molecule has 0 aliphatic carbocycles. The summed E-state index contributed by atoms with van der Waals surface area (Å²) in [6.07, 6.45) is 4.24. The van der Waals surface area contributed by atoms with E-state index in [0.717, 1.165) is 11.3 Å². The van der Waals surface area contributed by atoms with E-state index in [0.29, 0.717) is 16.7 Å². The van der Waals surface area contributed by atoms with Gasteiger partial charge < -0.3 is 19.9 Å². The van der Waals surface area contributed by atoms with Crippen molar-refractivity contribution in [2.75, 3.05) is 5.32 Å². The molecule has 1 amide bonds. The zero-order valence-electron chi connectivity index (χ0n) is 13.3. The number of rotatable bonds is 4. The van der Waals surface area contributed by atoms with Crippen LogP contribution in [0.15, 0.2) is 71.8 Å². The van der Waals surface area contributed by atoms with Gasteiger partial charge in [-0.2, -0.15) is 0 Å². The van der Waals surface area contributed by atoms with Gasteiger partial charge in [0, 0.05) is 23.8 Å². The van der Waals surface area contributed by atoms with E-state index in [4.69, 9.17) is 0 Å². The molecule has 6 heteroatoms. The van der Waals surface area contributed by atoms with Gasteiger partial charge in [-0.1, -0.05) is 12.1 Å². The lowest BCUT2D eigenvalue weighted by Crippen LogP contribution is -2.14. The predicted molar refractivity (Wildman–Crippen MR) is 97.0 cm³/mol. The number of aromatic amines is 2. The van der Waals surface area contributed by atoms with Crippen molar-refractivity contribution in [2.45, 2.75) is 6.42 Å². The van der Waals surface area contributed by atoms with Gasteiger partial charge in [-0.15, -0.1) is 0 Å². The second kappa shape index (κ2) is 6.16. The number of carbonyl (C=O) groups is 1. The molecular weight excluding hydrogens is 316 g/mol. The minimum atomic E-state index is -0.263. The molecule has 0 unspecified atom stereocenters. The molecule has 124 valence electrons. The molecule has 25 heavy (non-hydrogen) atoms. The van der Waals surface area contributed by atoms with Crippen molar-refractivity contribution < 1.29 is 4.79 Å². The van der Waals surface area contributed by atoms with Crippen molar-refractivity contribution in [1.82, 2.24) is 14.5 Å². The predicted octanol–water partition coefficient (Wildman–Crippen LogP) is 2.83. The topological polar surface area (TPSA) is 82.7 Å². The summed E-state index contributed by atoms with van der Waals surface area (Å²) in [5.74, 6) is -0.106. The lowest BCUT2D eigenvalue weighted by atomic mass is 10.1. The Morgan fingerprint density at radius 3 is 2.44 bits per heavy atom. The van der Waals surface area contributed by atoms with E-state index < -0.39 is 0 Å². The second-order valence-electron chi connectivity index (χ2n) is 5.82. The zero-order valence-corrected chi connectivity index (χ0v) is 13.3. The van der Waals surface area contributed by atoms with Gasteiger partial charge in [0.15, 0.2) is 0 Å². The number of imidazole rings is 1. The molecule has 3 N–H and O–H groups in total. The van der Waals surface area contributed by atoms with Crippen molar-refractivity contribution in [2.24, 2.45) is 0 Å². The van der Waals surface area contributed by atoms with Crippen LogP contribution in [0.2, 0.25) is 0 Å². The highest BCUT2D eigenvalue weighted by Gasteiger charge is 2.06. The monoisotopic (exact) mass is 332 g/mol. The van der Waals surface area contributed by atoms with Gasteiger partial charge in [-0.05, 0) is 48.0 Å². The third-order valence-corrected chi connectivity index (χ3v) is 4.00. The molecule has 0 saturated carbocycles. The summed E-state index contributed by atoms with van der Waals surface area (Å²) in [5, 5.41) is 2.85. The first-order valence-electron chi connectivity index (χ1n) is 7.91. The SMILES string of the molecule is O=C(Cc1ccc(-n2cccc2)cc1)Nc1ccc2[nH]c(=O)[nH]c2c1. The van der Waals surface area contributed by atoms with Gasteiger partial charge in [0.1, 0.15) is 0 Å².